The van der Waals surface area contributed by atoms with Gasteiger partial charge in [-0.1, -0.05) is 35.8 Å². The highest BCUT2D eigenvalue weighted by Crippen LogP contribution is 2.24. The second-order valence-corrected chi connectivity index (χ2v) is 6.54. The van der Waals surface area contributed by atoms with Crippen LogP contribution in [0.25, 0.3) is 0 Å². The van der Waals surface area contributed by atoms with Crippen molar-refractivity contribution in [3.05, 3.63) is 57.6 Å². The zero-order valence-corrected chi connectivity index (χ0v) is 15.2. The Kier molecular flexibility index (Phi) is 6.06. The third-order valence-corrected chi connectivity index (χ3v) is 4.03. The van der Waals surface area contributed by atoms with Crippen LogP contribution in [-0.4, -0.2) is 13.2 Å². The molecule has 0 saturated carbocycles. The van der Waals surface area contributed by atoms with Gasteiger partial charge in [0.05, 0.1) is 5.56 Å². The SMILES string of the molecule is Cc1cc(OCCOc2ccc(Br)cc2C#N)ccc1C(C)C. The highest BCUT2D eigenvalue weighted by molar-refractivity contribution is 9.10. The number of aryl methyl sites for hydroxylation is 1. The summed E-state index contributed by atoms with van der Waals surface area (Å²) >= 11 is 3.34. The summed E-state index contributed by atoms with van der Waals surface area (Å²) in [6, 6.07) is 13.6. The van der Waals surface area contributed by atoms with Crippen LogP contribution in [0.2, 0.25) is 0 Å². The third-order valence-electron chi connectivity index (χ3n) is 3.53. The smallest absolute Gasteiger partial charge is 0.137 e. The fraction of sp³-hybridized carbons (Fsp3) is 0.316. The number of nitrogens with zero attached hydrogens (tertiary/aromatic N) is 1. The van der Waals surface area contributed by atoms with Crippen LogP contribution in [0.1, 0.15) is 36.5 Å². The second kappa shape index (κ2) is 8.03. The van der Waals surface area contributed by atoms with Gasteiger partial charge in [-0.25, -0.2) is 0 Å². The molecule has 0 heterocycles. The Balaban J connectivity index is 1.89. The van der Waals surface area contributed by atoms with Crippen LogP contribution in [0.15, 0.2) is 40.9 Å². The lowest BCUT2D eigenvalue weighted by atomic mass is 9.98. The van der Waals surface area contributed by atoms with E-state index in [2.05, 4.69) is 54.9 Å². The molecule has 0 aliphatic heterocycles. The molecular weight excluding hydrogens is 354 g/mol. The number of halogens is 1. The normalized spacial score (nSPS) is 10.4. The summed E-state index contributed by atoms with van der Waals surface area (Å²) in [7, 11) is 0. The summed E-state index contributed by atoms with van der Waals surface area (Å²) in [5, 5.41) is 9.10. The Labute approximate surface area is 146 Å². The van der Waals surface area contributed by atoms with E-state index < -0.39 is 0 Å². The van der Waals surface area contributed by atoms with Crippen molar-refractivity contribution in [3.63, 3.8) is 0 Å². The van der Waals surface area contributed by atoms with Crippen LogP contribution in [0.5, 0.6) is 11.5 Å². The second-order valence-electron chi connectivity index (χ2n) is 5.62. The van der Waals surface area contributed by atoms with Gasteiger partial charge in [0.15, 0.2) is 0 Å². The molecular formula is C19H20BrNO2. The van der Waals surface area contributed by atoms with Crippen molar-refractivity contribution >= 4 is 15.9 Å². The summed E-state index contributed by atoms with van der Waals surface area (Å²) in [4.78, 5) is 0. The van der Waals surface area contributed by atoms with E-state index in [-0.39, 0.29) is 0 Å². The molecule has 2 rings (SSSR count). The van der Waals surface area contributed by atoms with E-state index in [0.717, 1.165) is 10.2 Å². The maximum atomic E-state index is 9.10. The Hall–Kier alpha value is -1.99. The van der Waals surface area contributed by atoms with Crippen molar-refractivity contribution in [2.24, 2.45) is 0 Å². The topological polar surface area (TPSA) is 42.2 Å². The minimum absolute atomic E-state index is 0.390. The number of ether oxygens (including phenoxy) is 2. The Morgan fingerprint density at radius 2 is 1.83 bits per heavy atom. The molecule has 0 aliphatic carbocycles. The van der Waals surface area contributed by atoms with Gasteiger partial charge in [0.1, 0.15) is 30.8 Å². The molecule has 0 aromatic heterocycles. The predicted octanol–water partition coefficient (Wildman–Crippen LogP) is 5.21. The quantitative estimate of drug-likeness (QED) is 0.652. The average Bonchev–Trinajstić information content (AvgIpc) is 2.52. The van der Waals surface area contributed by atoms with Gasteiger partial charge >= 0.3 is 0 Å². The summed E-state index contributed by atoms with van der Waals surface area (Å²) < 4.78 is 12.2. The first-order valence-corrected chi connectivity index (χ1v) is 8.36. The van der Waals surface area contributed by atoms with E-state index in [1.807, 2.05) is 12.1 Å². The molecule has 2 aromatic rings. The van der Waals surface area contributed by atoms with Gasteiger partial charge in [-0.05, 0) is 54.3 Å². The van der Waals surface area contributed by atoms with Crippen LogP contribution >= 0.6 is 15.9 Å². The molecule has 0 fully saturated rings. The van der Waals surface area contributed by atoms with Crippen LogP contribution in [-0.2, 0) is 0 Å². The maximum absolute atomic E-state index is 9.10. The zero-order chi connectivity index (χ0) is 16.8. The lowest BCUT2D eigenvalue weighted by Gasteiger charge is -2.13. The highest BCUT2D eigenvalue weighted by atomic mass is 79.9. The number of nitriles is 1. The van der Waals surface area contributed by atoms with Crippen LogP contribution in [0, 0.1) is 18.3 Å². The molecule has 0 amide bonds. The van der Waals surface area contributed by atoms with E-state index in [9.17, 15) is 0 Å². The fourth-order valence-electron chi connectivity index (χ4n) is 2.41. The van der Waals surface area contributed by atoms with Crippen LogP contribution in [0.3, 0.4) is 0 Å². The van der Waals surface area contributed by atoms with E-state index in [0.29, 0.717) is 30.4 Å². The summed E-state index contributed by atoms with van der Waals surface area (Å²) in [6.07, 6.45) is 0. The lowest BCUT2D eigenvalue weighted by molar-refractivity contribution is 0.216. The van der Waals surface area contributed by atoms with Crippen molar-refractivity contribution in [1.29, 1.82) is 5.26 Å². The predicted molar refractivity (Wildman–Crippen MR) is 95.1 cm³/mol. The molecule has 4 heteroatoms. The minimum Gasteiger partial charge on any atom is -0.490 e. The summed E-state index contributed by atoms with van der Waals surface area (Å²) in [5.74, 6) is 1.92. The molecule has 2 aromatic carbocycles. The molecule has 0 aliphatic rings. The first-order chi connectivity index (χ1) is 11.0. The van der Waals surface area contributed by atoms with Crippen LogP contribution in [0.4, 0.5) is 0 Å². The molecule has 0 bridgehead atoms. The monoisotopic (exact) mass is 373 g/mol. The van der Waals surface area contributed by atoms with Gasteiger partial charge in [-0.2, -0.15) is 5.26 Å². The van der Waals surface area contributed by atoms with Crippen molar-refractivity contribution in [2.75, 3.05) is 13.2 Å². The van der Waals surface area contributed by atoms with E-state index in [1.165, 1.54) is 11.1 Å². The lowest BCUT2D eigenvalue weighted by Crippen LogP contribution is -2.10. The van der Waals surface area contributed by atoms with Gasteiger partial charge in [-0.3, -0.25) is 0 Å². The summed E-state index contributed by atoms with van der Waals surface area (Å²) in [6.45, 7) is 7.28. The van der Waals surface area contributed by atoms with Crippen molar-refractivity contribution < 1.29 is 9.47 Å². The largest absolute Gasteiger partial charge is 0.490 e. The van der Waals surface area contributed by atoms with Crippen LogP contribution < -0.4 is 9.47 Å². The maximum Gasteiger partial charge on any atom is 0.137 e. The van der Waals surface area contributed by atoms with Crippen molar-refractivity contribution in [3.8, 4) is 17.6 Å². The molecule has 3 nitrogen and oxygen atoms in total. The molecule has 0 N–H and O–H groups in total. The molecule has 23 heavy (non-hydrogen) atoms. The zero-order valence-electron chi connectivity index (χ0n) is 13.6. The molecule has 0 radical (unpaired) electrons. The minimum atomic E-state index is 0.390. The first kappa shape index (κ1) is 17.4. The Morgan fingerprint density at radius 1 is 1.09 bits per heavy atom. The van der Waals surface area contributed by atoms with Gasteiger partial charge in [-0.15, -0.1) is 0 Å². The Bertz CT molecular complexity index is 720. The third kappa shape index (κ3) is 4.74. The summed E-state index contributed by atoms with van der Waals surface area (Å²) in [5.41, 5.74) is 3.08. The average molecular weight is 374 g/mol. The number of hydrogen-bond donors (Lipinski definition) is 0. The Morgan fingerprint density at radius 3 is 2.48 bits per heavy atom. The standard InChI is InChI=1S/C19H20BrNO2/c1-13(2)18-6-5-17(10-14(18)3)22-8-9-23-19-7-4-16(20)11-15(19)12-21/h4-7,10-11,13H,8-9H2,1-3H3. The van der Waals surface area contributed by atoms with Gasteiger partial charge < -0.3 is 9.47 Å². The molecule has 120 valence electrons. The fourth-order valence-corrected chi connectivity index (χ4v) is 2.77. The molecule has 0 atom stereocenters. The van der Waals surface area contributed by atoms with Crippen molar-refractivity contribution in [1.82, 2.24) is 0 Å². The van der Waals surface area contributed by atoms with Gasteiger partial charge in [0.2, 0.25) is 0 Å². The molecule has 0 saturated heterocycles. The van der Waals surface area contributed by atoms with E-state index in [1.54, 1.807) is 12.1 Å². The van der Waals surface area contributed by atoms with Gasteiger partial charge in [0.25, 0.3) is 0 Å². The van der Waals surface area contributed by atoms with Crippen molar-refractivity contribution in [2.45, 2.75) is 26.7 Å². The number of rotatable bonds is 6. The number of hydrogen-bond acceptors (Lipinski definition) is 3. The number of benzene rings is 2. The van der Waals surface area contributed by atoms with Gasteiger partial charge in [0, 0.05) is 4.47 Å². The molecule has 0 unspecified atom stereocenters. The molecule has 0 spiro atoms. The first-order valence-electron chi connectivity index (χ1n) is 7.57. The van der Waals surface area contributed by atoms with E-state index in [4.69, 9.17) is 14.7 Å². The van der Waals surface area contributed by atoms with E-state index >= 15 is 0 Å². The highest BCUT2D eigenvalue weighted by Gasteiger charge is 2.06.